The van der Waals surface area contributed by atoms with Crippen molar-refractivity contribution in [3.8, 4) is 11.1 Å². The SMILES string of the molecule is Cn1nc(N)c2c(-c3ccc(NC(=O)Nc4cccc(C(F)(F)F)c4)cc3)cc(C3(C(=O)NCCN4CCOCC4)CC3)nc21. The monoisotopic (exact) mass is 622 g/mol. The lowest BCUT2D eigenvalue weighted by molar-refractivity contribution is -0.137. The second-order valence-electron chi connectivity index (χ2n) is 11.3. The molecule has 0 atom stereocenters. The summed E-state index contributed by atoms with van der Waals surface area (Å²) in [5, 5.41) is 13.2. The fraction of sp³-hybridized carbons (Fsp3) is 0.355. The number of nitrogens with two attached hydrogens (primary N) is 1. The molecule has 11 nitrogen and oxygen atoms in total. The van der Waals surface area contributed by atoms with Crippen LogP contribution in [0.15, 0.2) is 54.6 Å². The Morgan fingerprint density at radius 2 is 1.73 bits per heavy atom. The van der Waals surface area contributed by atoms with Gasteiger partial charge in [0.1, 0.15) is 0 Å². The van der Waals surface area contributed by atoms with Crippen LogP contribution >= 0.6 is 0 Å². The molecular formula is C31H33F3N8O3. The Morgan fingerprint density at radius 1 is 1.02 bits per heavy atom. The van der Waals surface area contributed by atoms with E-state index in [2.05, 4.69) is 25.9 Å². The second kappa shape index (κ2) is 12.0. The molecule has 6 rings (SSSR count). The Morgan fingerprint density at radius 3 is 2.42 bits per heavy atom. The van der Waals surface area contributed by atoms with Gasteiger partial charge in [-0.1, -0.05) is 18.2 Å². The van der Waals surface area contributed by atoms with Crippen molar-refractivity contribution >= 4 is 40.2 Å². The molecule has 3 amide bonds. The highest BCUT2D eigenvalue weighted by molar-refractivity contribution is 6.03. The molecule has 236 valence electrons. The number of fused-ring (bicyclic) bond motifs is 1. The van der Waals surface area contributed by atoms with Crippen LogP contribution in [0.25, 0.3) is 22.2 Å². The van der Waals surface area contributed by atoms with Gasteiger partial charge < -0.3 is 26.4 Å². The Bertz CT molecular complexity index is 1730. The van der Waals surface area contributed by atoms with Crippen LogP contribution in [-0.4, -0.2) is 71.0 Å². The zero-order valence-corrected chi connectivity index (χ0v) is 24.6. The molecule has 0 bridgehead atoms. The number of benzene rings is 2. The maximum absolute atomic E-state index is 13.4. The molecule has 1 aliphatic heterocycles. The lowest BCUT2D eigenvalue weighted by Crippen LogP contribution is -2.43. The number of halogens is 3. The van der Waals surface area contributed by atoms with E-state index in [4.69, 9.17) is 15.5 Å². The zero-order chi connectivity index (χ0) is 31.8. The molecule has 0 radical (unpaired) electrons. The molecule has 1 saturated carbocycles. The van der Waals surface area contributed by atoms with Crippen molar-refractivity contribution in [3.05, 3.63) is 65.9 Å². The molecule has 2 aromatic carbocycles. The highest BCUT2D eigenvalue weighted by Gasteiger charge is 2.53. The van der Waals surface area contributed by atoms with Crippen LogP contribution in [0.5, 0.6) is 0 Å². The van der Waals surface area contributed by atoms with Crippen molar-refractivity contribution in [2.24, 2.45) is 7.05 Å². The van der Waals surface area contributed by atoms with Crippen molar-refractivity contribution < 1.29 is 27.5 Å². The summed E-state index contributed by atoms with van der Waals surface area (Å²) in [7, 11) is 1.75. The number of amides is 3. The summed E-state index contributed by atoms with van der Waals surface area (Å²) in [6.07, 6.45) is -3.18. The number of anilines is 3. The Hall–Kier alpha value is -4.69. The van der Waals surface area contributed by atoms with Gasteiger partial charge in [0.2, 0.25) is 5.91 Å². The average molecular weight is 623 g/mol. The number of carbonyl (C=O) groups is 2. The van der Waals surface area contributed by atoms with E-state index in [0.29, 0.717) is 60.8 Å². The highest BCUT2D eigenvalue weighted by atomic mass is 19.4. The molecule has 1 aliphatic carbocycles. The van der Waals surface area contributed by atoms with Crippen molar-refractivity contribution in [3.63, 3.8) is 0 Å². The van der Waals surface area contributed by atoms with Gasteiger partial charge in [0.25, 0.3) is 0 Å². The number of carbonyl (C=O) groups excluding carboxylic acids is 2. The number of aromatic nitrogens is 3. The fourth-order valence-corrected chi connectivity index (χ4v) is 5.60. The highest BCUT2D eigenvalue weighted by Crippen LogP contribution is 2.49. The number of nitrogens with zero attached hydrogens (tertiary/aromatic N) is 4. The maximum atomic E-state index is 13.4. The molecule has 2 aliphatic rings. The van der Waals surface area contributed by atoms with E-state index in [1.54, 1.807) is 36.0 Å². The number of rotatable bonds is 8. The summed E-state index contributed by atoms with van der Waals surface area (Å²) in [5.74, 6) is 0.235. The molecule has 1 saturated heterocycles. The lowest BCUT2D eigenvalue weighted by Gasteiger charge is -2.26. The molecule has 0 unspecified atom stereocenters. The molecule has 5 N–H and O–H groups in total. The van der Waals surface area contributed by atoms with Crippen LogP contribution in [0.4, 0.5) is 35.2 Å². The average Bonchev–Trinajstić information content (AvgIpc) is 3.78. The van der Waals surface area contributed by atoms with Gasteiger partial charge in [-0.2, -0.15) is 18.3 Å². The van der Waals surface area contributed by atoms with Crippen LogP contribution in [0.1, 0.15) is 24.1 Å². The number of hydrogen-bond acceptors (Lipinski definition) is 7. The van der Waals surface area contributed by atoms with Gasteiger partial charge >= 0.3 is 12.2 Å². The molecule has 2 aromatic heterocycles. The summed E-state index contributed by atoms with van der Waals surface area (Å²) >= 11 is 0. The minimum absolute atomic E-state index is 0.0110. The van der Waals surface area contributed by atoms with Gasteiger partial charge in [0.05, 0.1) is 35.3 Å². The lowest BCUT2D eigenvalue weighted by atomic mass is 9.95. The normalized spacial score (nSPS) is 16.4. The minimum atomic E-state index is -4.52. The van der Waals surface area contributed by atoms with E-state index in [9.17, 15) is 22.8 Å². The number of nitrogen functional groups attached to an aromatic ring is 1. The van der Waals surface area contributed by atoms with Crippen molar-refractivity contribution in [1.82, 2.24) is 25.0 Å². The molecule has 4 aromatic rings. The van der Waals surface area contributed by atoms with Gasteiger partial charge in [0, 0.05) is 44.6 Å². The first kappa shape index (κ1) is 30.3. The molecule has 3 heterocycles. The first-order chi connectivity index (χ1) is 21.5. The van der Waals surface area contributed by atoms with Gasteiger partial charge in [-0.3, -0.25) is 9.69 Å². The van der Waals surface area contributed by atoms with Crippen molar-refractivity contribution in [1.29, 1.82) is 0 Å². The maximum Gasteiger partial charge on any atom is 0.416 e. The summed E-state index contributed by atoms with van der Waals surface area (Å²) in [6, 6.07) is 12.5. The summed E-state index contributed by atoms with van der Waals surface area (Å²) in [5.41, 5.74) is 7.82. The third kappa shape index (κ3) is 6.42. The van der Waals surface area contributed by atoms with Crippen LogP contribution in [0.3, 0.4) is 0 Å². The number of alkyl halides is 3. The van der Waals surface area contributed by atoms with Crippen LogP contribution in [-0.2, 0) is 28.2 Å². The number of morpholine rings is 1. The first-order valence-corrected chi connectivity index (χ1v) is 14.6. The predicted molar refractivity (Wildman–Crippen MR) is 164 cm³/mol. The smallest absolute Gasteiger partial charge is 0.382 e. The topological polar surface area (TPSA) is 139 Å². The predicted octanol–water partition coefficient (Wildman–Crippen LogP) is 4.36. The third-order valence-electron chi connectivity index (χ3n) is 8.21. The van der Waals surface area contributed by atoms with Gasteiger partial charge in [-0.25, -0.2) is 14.5 Å². The number of pyridine rings is 1. The van der Waals surface area contributed by atoms with E-state index in [0.717, 1.165) is 42.9 Å². The van der Waals surface area contributed by atoms with Crippen LogP contribution < -0.4 is 21.7 Å². The van der Waals surface area contributed by atoms with Crippen LogP contribution in [0, 0.1) is 0 Å². The molecular weight excluding hydrogens is 589 g/mol. The third-order valence-corrected chi connectivity index (χ3v) is 8.21. The summed E-state index contributed by atoms with van der Waals surface area (Å²) < 4.78 is 46.1. The van der Waals surface area contributed by atoms with Crippen molar-refractivity contribution in [2.45, 2.75) is 24.4 Å². The Labute approximate surface area is 256 Å². The Balaban J connectivity index is 1.20. The number of nitrogens with one attached hydrogen (secondary N) is 3. The van der Waals surface area contributed by atoms with Gasteiger partial charge in [0.15, 0.2) is 11.5 Å². The number of aryl methyl sites for hydroxylation is 1. The zero-order valence-electron chi connectivity index (χ0n) is 24.6. The molecule has 14 heteroatoms. The largest absolute Gasteiger partial charge is 0.416 e. The standard InChI is InChI=1S/C31H33F3N8O3/c1-41-27-25(26(35)40-41)23(18-24(39-27)30(9-10-30)28(43)36-11-12-42-13-15-45-16-14-42)19-5-7-21(8-6-19)37-29(44)38-22-4-2-3-20(17-22)31(32,33)34/h2-8,17-18H,9-16H2,1H3,(H2,35,40)(H,36,43)(H2,37,38,44). The van der Waals surface area contributed by atoms with E-state index in [1.807, 2.05) is 6.07 Å². The van der Waals surface area contributed by atoms with E-state index in [1.165, 1.54) is 12.1 Å². The van der Waals surface area contributed by atoms with Gasteiger partial charge in [-0.15, -0.1) is 0 Å². The molecule has 2 fully saturated rings. The first-order valence-electron chi connectivity index (χ1n) is 14.6. The van der Waals surface area contributed by atoms with Crippen molar-refractivity contribution in [2.75, 3.05) is 55.8 Å². The van der Waals surface area contributed by atoms with Gasteiger partial charge in [-0.05, 0) is 60.4 Å². The van der Waals surface area contributed by atoms with E-state index >= 15 is 0 Å². The quantitative estimate of drug-likeness (QED) is 0.229. The van der Waals surface area contributed by atoms with E-state index < -0.39 is 23.2 Å². The summed E-state index contributed by atoms with van der Waals surface area (Å²) in [6.45, 7) is 4.37. The fourth-order valence-electron chi connectivity index (χ4n) is 5.60. The van der Waals surface area contributed by atoms with E-state index in [-0.39, 0.29) is 11.6 Å². The number of ether oxygens (including phenoxy) is 1. The number of urea groups is 1. The summed E-state index contributed by atoms with van der Waals surface area (Å²) in [4.78, 5) is 33.1. The Kier molecular flexibility index (Phi) is 8.10. The molecule has 0 spiro atoms. The van der Waals surface area contributed by atoms with Crippen LogP contribution in [0.2, 0.25) is 0 Å². The second-order valence-corrected chi connectivity index (χ2v) is 11.3. The molecule has 45 heavy (non-hydrogen) atoms. The number of hydrogen-bond donors (Lipinski definition) is 4. The minimum Gasteiger partial charge on any atom is -0.382 e.